The molecule has 13 heavy (non-hydrogen) atoms. The molecule has 0 fully saturated rings. The molecule has 0 amide bonds. The summed E-state index contributed by atoms with van der Waals surface area (Å²) in [5.74, 6) is 0. The van der Waals surface area contributed by atoms with E-state index in [1.165, 1.54) is 0 Å². The predicted molar refractivity (Wildman–Crippen MR) is 53.4 cm³/mol. The van der Waals surface area contributed by atoms with E-state index in [1.807, 2.05) is 20.9 Å². The van der Waals surface area contributed by atoms with Crippen LogP contribution in [0.25, 0.3) is 0 Å². The van der Waals surface area contributed by atoms with E-state index in [4.69, 9.17) is 10.00 Å². The van der Waals surface area contributed by atoms with Gasteiger partial charge in [0.25, 0.3) is 0 Å². The summed E-state index contributed by atoms with van der Waals surface area (Å²) in [6.07, 6.45) is 2.64. The van der Waals surface area contributed by atoms with Crippen LogP contribution in [-0.2, 0) is 4.74 Å². The first kappa shape index (κ1) is 12.4. The molecular formula is C10H20N2O. The summed E-state index contributed by atoms with van der Waals surface area (Å²) in [4.78, 5) is 0. The molecule has 0 rings (SSSR count). The maximum absolute atomic E-state index is 8.98. The molecule has 1 N–H and O–H groups in total. The molecular weight excluding hydrogens is 164 g/mol. The van der Waals surface area contributed by atoms with Crippen molar-refractivity contribution in [3.8, 4) is 6.07 Å². The van der Waals surface area contributed by atoms with E-state index in [0.29, 0.717) is 0 Å². The van der Waals surface area contributed by atoms with Crippen molar-refractivity contribution in [2.45, 2.75) is 38.6 Å². The summed E-state index contributed by atoms with van der Waals surface area (Å²) in [7, 11) is 1.84. The van der Waals surface area contributed by atoms with E-state index >= 15 is 0 Å². The zero-order valence-corrected chi connectivity index (χ0v) is 8.89. The lowest BCUT2D eigenvalue weighted by Gasteiger charge is -2.24. The minimum Gasteiger partial charge on any atom is -0.382 e. The van der Waals surface area contributed by atoms with Gasteiger partial charge in [-0.3, -0.25) is 0 Å². The van der Waals surface area contributed by atoms with Crippen LogP contribution < -0.4 is 5.32 Å². The molecule has 1 atom stereocenters. The van der Waals surface area contributed by atoms with E-state index in [9.17, 15) is 0 Å². The largest absolute Gasteiger partial charge is 0.382 e. The fraction of sp³-hybridized carbons (Fsp3) is 0.900. The summed E-state index contributed by atoms with van der Waals surface area (Å²) in [5, 5.41) is 12.1. The van der Waals surface area contributed by atoms with Crippen LogP contribution in [0.4, 0.5) is 0 Å². The highest BCUT2D eigenvalue weighted by Crippen LogP contribution is 2.15. The number of hydrogen-bond donors (Lipinski definition) is 1. The van der Waals surface area contributed by atoms with Crippen molar-refractivity contribution in [3.63, 3.8) is 0 Å². The van der Waals surface area contributed by atoms with Crippen LogP contribution in [0, 0.1) is 11.3 Å². The Morgan fingerprint density at radius 1 is 1.46 bits per heavy atom. The Balaban J connectivity index is 3.77. The summed E-state index contributed by atoms with van der Waals surface area (Å²) < 4.78 is 5.23. The van der Waals surface area contributed by atoms with Crippen molar-refractivity contribution >= 4 is 0 Å². The standard InChI is InChI=1S/C10H20N2O/c1-4-10(9-11,12-3)7-6-8-13-5-2/h12H,4-8H2,1-3H3. The molecule has 0 aromatic carbocycles. The lowest BCUT2D eigenvalue weighted by Crippen LogP contribution is -2.40. The molecule has 1 unspecified atom stereocenters. The van der Waals surface area contributed by atoms with Crippen LogP contribution in [0.3, 0.4) is 0 Å². The van der Waals surface area contributed by atoms with Gasteiger partial charge < -0.3 is 10.1 Å². The first-order chi connectivity index (χ1) is 6.24. The quantitative estimate of drug-likeness (QED) is 0.612. The molecule has 0 saturated carbocycles. The Kier molecular flexibility index (Phi) is 6.56. The van der Waals surface area contributed by atoms with Gasteiger partial charge in [-0.25, -0.2) is 0 Å². The minimum absolute atomic E-state index is 0.350. The second-order valence-electron chi connectivity index (χ2n) is 3.10. The van der Waals surface area contributed by atoms with Gasteiger partial charge in [0, 0.05) is 13.2 Å². The molecule has 0 aromatic heterocycles. The number of nitrogens with zero attached hydrogens (tertiary/aromatic N) is 1. The molecule has 0 radical (unpaired) electrons. The van der Waals surface area contributed by atoms with Gasteiger partial charge in [-0.05, 0) is 33.2 Å². The van der Waals surface area contributed by atoms with Gasteiger partial charge in [0.2, 0.25) is 0 Å². The molecule has 0 bridgehead atoms. The topological polar surface area (TPSA) is 45.0 Å². The van der Waals surface area contributed by atoms with E-state index in [0.717, 1.165) is 32.5 Å². The van der Waals surface area contributed by atoms with Gasteiger partial charge in [0.05, 0.1) is 6.07 Å². The summed E-state index contributed by atoms with van der Waals surface area (Å²) in [6, 6.07) is 2.33. The smallest absolute Gasteiger partial charge is 0.106 e. The number of hydrogen-bond acceptors (Lipinski definition) is 3. The molecule has 76 valence electrons. The maximum atomic E-state index is 8.98. The Bertz CT molecular complexity index is 159. The third kappa shape index (κ3) is 4.25. The monoisotopic (exact) mass is 184 g/mol. The van der Waals surface area contributed by atoms with E-state index in [-0.39, 0.29) is 5.54 Å². The van der Waals surface area contributed by atoms with Crippen LogP contribution in [0.15, 0.2) is 0 Å². The zero-order valence-electron chi connectivity index (χ0n) is 8.89. The third-order valence-electron chi connectivity index (χ3n) is 2.39. The van der Waals surface area contributed by atoms with Gasteiger partial charge in [0.15, 0.2) is 0 Å². The molecule has 0 aliphatic carbocycles. The fourth-order valence-electron chi connectivity index (χ4n) is 1.29. The lowest BCUT2D eigenvalue weighted by molar-refractivity contribution is 0.138. The van der Waals surface area contributed by atoms with Gasteiger partial charge in [-0.15, -0.1) is 0 Å². The van der Waals surface area contributed by atoms with Crippen LogP contribution in [-0.4, -0.2) is 25.8 Å². The fourth-order valence-corrected chi connectivity index (χ4v) is 1.29. The van der Waals surface area contributed by atoms with Gasteiger partial charge in [-0.2, -0.15) is 5.26 Å². The summed E-state index contributed by atoms with van der Waals surface area (Å²) in [5.41, 5.74) is -0.350. The molecule has 3 heteroatoms. The number of rotatable bonds is 7. The minimum atomic E-state index is -0.350. The Labute approximate surface area is 81.1 Å². The van der Waals surface area contributed by atoms with Crippen LogP contribution >= 0.6 is 0 Å². The second-order valence-corrected chi connectivity index (χ2v) is 3.10. The lowest BCUT2D eigenvalue weighted by atomic mass is 9.92. The molecule has 0 aliphatic rings. The predicted octanol–water partition coefficient (Wildman–Crippen LogP) is 1.69. The maximum Gasteiger partial charge on any atom is 0.106 e. The average molecular weight is 184 g/mol. The molecule has 0 aromatic rings. The van der Waals surface area contributed by atoms with Crippen molar-refractivity contribution in [2.75, 3.05) is 20.3 Å². The van der Waals surface area contributed by atoms with Crippen LogP contribution in [0.1, 0.15) is 33.1 Å². The Hall–Kier alpha value is -0.590. The SMILES string of the molecule is CCOCCCC(C#N)(CC)NC. The second kappa shape index (κ2) is 6.88. The Morgan fingerprint density at radius 2 is 2.15 bits per heavy atom. The Morgan fingerprint density at radius 3 is 2.54 bits per heavy atom. The van der Waals surface area contributed by atoms with Crippen molar-refractivity contribution in [1.29, 1.82) is 5.26 Å². The van der Waals surface area contributed by atoms with Crippen molar-refractivity contribution in [3.05, 3.63) is 0 Å². The van der Waals surface area contributed by atoms with E-state index < -0.39 is 0 Å². The van der Waals surface area contributed by atoms with Crippen LogP contribution in [0.5, 0.6) is 0 Å². The normalized spacial score (nSPS) is 14.9. The number of ether oxygens (including phenoxy) is 1. The third-order valence-corrected chi connectivity index (χ3v) is 2.39. The molecule has 3 nitrogen and oxygen atoms in total. The highest BCUT2D eigenvalue weighted by atomic mass is 16.5. The van der Waals surface area contributed by atoms with Crippen LogP contribution in [0.2, 0.25) is 0 Å². The van der Waals surface area contributed by atoms with Crippen molar-refractivity contribution in [1.82, 2.24) is 5.32 Å². The summed E-state index contributed by atoms with van der Waals surface area (Å²) >= 11 is 0. The zero-order chi connectivity index (χ0) is 10.2. The highest BCUT2D eigenvalue weighted by molar-refractivity contribution is 5.05. The summed E-state index contributed by atoms with van der Waals surface area (Å²) in [6.45, 7) is 5.52. The number of nitrogens with one attached hydrogen (secondary N) is 1. The first-order valence-corrected chi connectivity index (χ1v) is 4.92. The van der Waals surface area contributed by atoms with Crippen molar-refractivity contribution < 1.29 is 4.74 Å². The first-order valence-electron chi connectivity index (χ1n) is 4.92. The molecule has 0 spiro atoms. The average Bonchev–Trinajstić information content (AvgIpc) is 2.20. The van der Waals surface area contributed by atoms with Gasteiger partial charge in [-0.1, -0.05) is 6.92 Å². The highest BCUT2D eigenvalue weighted by Gasteiger charge is 2.24. The van der Waals surface area contributed by atoms with E-state index in [1.54, 1.807) is 0 Å². The van der Waals surface area contributed by atoms with Gasteiger partial charge in [0.1, 0.15) is 5.54 Å². The van der Waals surface area contributed by atoms with Gasteiger partial charge >= 0.3 is 0 Å². The van der Waals surface area contributed by atoms with E-state index in [2.05, 4.69) is 11.4 Å². The molecule has 0 saturated heterocycles. The van der Waals surface area contributed by atoms with Crippen molar-refractivity contribution in [2.24, 2.45) is 0 Å². The molecule has 0 aliphatic heterocycles. The molecule has 0 heterocycles. The number of nitriles is 1.